The Hall–Kier alpha value is -0.730. The first-order valence-corrected chi connectivity index (χ1v) is 7.80. The van der Waals surface area contributed by atoms with Gasteiger partial charge in [0, 0.05) is 12.1 Å². The van der Waals surface area contributed by atoms with Crippen molar-refractivity contribution in [2.75, 3.05) is 11.9 Å². The minimum Gasteiger partial charge on any atom is -0.377 e. The molecule has 0 bridgehead atoms. The number of nitrogens with one attached hydrogen (secondary N) is 1. The minimum absolute atomic E-state index is 0.0369. The van der Waals surface area contributed by atoms with Gasteiger partial charge in [0.25, 0.3) is 0 Å². The highest BCUT2D eigenvalue weighted by molar-refractivity contribution is 6.33. The molecule has 1 saturated carbocycles. The lowest BCUT2D eigenvalue weighted by molar-refractivity contribution is 0.247. The standard InChI is InChI=1S/C16H25ClN2/c1-2-5-13-8-10-16(12-18,11-9-13)19-15-7-4-3-6-14(15)17/h3-4,6-7,13,19H,2,5,8-12,18H2,1H3. The summed E-state index contributed by atoms with van der Waals surface area (Å²) in [4.78, 5) is 0. The second kappa shape index (κ2) is 6.62. The van der Waals surface area contributed by atoms with Crippen molar-refractivity contribution in [2.45, 2.75) is 51.0 Å². The van der Waals surface area contributed by atoms with Gasteiger partial charge in [-0.25, -0.2) is 0 Å². The van der Waals surface area contributed by atoms with Gasteiger partial charge in [-0.1, -0.05) is 43.5 Å². The number of benzene rings is 1. The zero-order chi connectivity index (χ0) is 13.7. The highest BCUT2D eigenvalue weighted by atomic mass is 35.5. The van der Waals surface area contributed by atoms with E-state index in [0.29, 0.717) is 6.54 Å². The van der Waals surface area contributed by atoms with Crippen LogP contribution in [0.4, 0.5) is 5.69 Å². The molecular weight excluding hydrogens is 256 g/mol. The molecule has 0 radical (unpaired) electrons. The Labute approximate surface area is 121 Å². The summed E-state index contributed by atoms with van der Waals surface area (Å²) in [7, 11) is 0. The molecule has 106 valence electrons. The smallest absolute Gasteiger partial charge is 0.0637 e. The summed E-state index contributed by atoms with van der Waals surface area (Å²) in [6.07, 6.45) is 7.51. The molecule has 1 aromatic carbocycles. The quantitative estimate of drug-likeness (QED) is 0.837. The van der Waals surface area contributed by atoms with Gasteiger partial charge in [0.1, 0.15) is 0 Å². The second-order valence-corrected chi connectivity index (χ2v) is 6.23. The lowest BCUT2D eigenvalue weighted by Gasteiger charge is -2.41. The molecule has 1 aliphatic rings. The summed E-state index contributed by atoms with van der Waals surface area (Å²) in [6.45, 7) is 2.95. The number of halogens is 1. The highest BCUT2D eigenvalue weighted by Crippen LogP contribution is 2.37. The number of rotatable bonds is 5. The largest absolute Gasteiger partial charge is 0.377 e. The van der Waals surface area contributed by atoms with Crippen LogP contribution in [0.5, 0.6) is 0 Å². The van der Waals surface area contributed by atoms with Crippen LogP contribution in [0.2, 0.25) is 5.02 Å². The van der Waals surface area contributed by atoms with Crippen LogP contribution in [0, 0.1) is 5.92 Å². The molecule has 1 fully saturated rings. The third kappa shape index (κ3) is 3.64. The molecule has 2 rings (SSSR count). The average Bonchev–Trinajstić information content (AvgIpc) is 2.44. The Balaban J connectivity index is 2.02. The molecule has 1 aliphatic carbocycles. The molecule has 19 heavy (non-hydrogen) atoms. The van der Waals surface area contributed by atoms with Gasteiger partial charge in [0.15, 0.2) is 0 Å². The summed E-state index contributed by atoms with van der Waals surface area (Å²) in [5, 5.41) is 4.40. The molecule has 0 unspecified atom stereocenters. The van der Waals surface area contributed by atoms with Gasteiger partial charge < -0.3 is 11.1 Å². The first kappa shape index (κ1) is 14.7. The Morgan fingerprint density at radius 2 is 2.00 bits per heavy atom. The molecule has 3 heteroatoms. The van der Waals surface area contributed by atoms with E-state index in [9.17, 15) is 0 Å². The maximum atomic E-state index is 6.24. The summed E-state index contributed by atoms with van der Waals surface area (Å²) in [5.74, 6) is 0.887. The molecule has 0 aromatic heterocycles. The zero-order valence-electron chi connectivity index (χ0n) is 11.8. The van der Waals surface area contributed by atoms with E-state index in [1.807, 2.05) is 24.3 Å². The van der Waals surface area contributed by atoms with Gasteiger partial charge in [0.05, 0.1) is 10.7 Å². The summed E-state index contributed by atoms with van der Waals surface area (Å²) in [5.41, 5.74) is 7.10. The number of anilines is 1. The average molecular weight is 281 g/mol. The Morgan fingerprint density at radius 1 is 1.32 bits per heavy atom. The van der Waals surface area contributed by atoms with Gasteiger partial charge in [-0.15, -0.1) is 0 Å². The van der Waals surface area contributed by atoms with Crippen LogP contribution in [0.3, 0.4) is 0 Å². The van der Waals surface area contributed by atoms with Gasteiger partial charge in [-0.05, 0) is 43.7 Å². The second-order valence-electron chi connectivity index (χ2n) is 5.82. The maximum Gasteiger partial charge on any atom is 0.0637 e. The lowest BCUT2D eigenvalue weighted by Crippen LogP contribution is -2.48. The Bertz CT molecular complexity index is 397. The molecule has 0 atom stereocenters. The minimum atomic E-state index is 0.0369. The lowest BCUT2D eigenvalue weighted by atomic mass is 9.75. The predicted molar refractivity (Wildman–Crippen MR) is 83.7 cm³/mol. The van der Waals surface area contributed by atoms with Crippen LogP contribution in [-0.4, -0.2) is 12.1 Å². The Morgan fingerprint density at radius 3 is 2.58 bits per heavy atom. The van der Waals surface area contributed by atoms with Crippen molar-refractivity contribution >= 4 is 17.3 Å². The molecule has 3 N–H and O–H groups in total. The van der Waals surface area contributed by atoms with E-state index in [2.05, 4.69) is 12.2 Å². The van der Waals surface area contributed by atoms with Crippen molar-refractivity contribution in [3.8, 4) is 0 Å². The van der Waals surface area contributed by atoms with E-state index >= 15 is 0 Å². The predicted octanol–water partition coefficient (Wildman–Crippen LogP) is 4.44. The number of para-hydroxylation sites is 1. The van der Waals surface area contributed by atoms with Crippen LogP contribution >= 0.6 is 11.6 Å². The molecule has 0 amide bonds. The van der Waals surface area contributed by atoms with E-state index in [-0.39, 0.29) is 5.54 Å². The van der Waals surface area contributed by atoms with Gasteiger partial charge in [-0.3, -0.25) is 0 Å². The third-order valence-corrected chi connectivity index (χ3v) is 4.75. The zero-order valence-corrected chi connectivity index (χ0v) is 12.5. The number of hydrogen-bond acceptors (Lipinski definition) is 2. The van der Waals surface area contributed by atoms with Gasteiger partial charge >= 0.3 is 0 Å². The molecule has 0 saturated heterocycles. The fourth-order valence-electron chi connectivity index (χ4n) is 3.16. The SMILES string of the molecule is CCCC1CCC(CN)(Nc2ccccc2Cl)CC1. The molecule has 0 heterocycles. The molecule has 0 aliphatic heterocycles. The topological polar surface area (TPSA) is 38.0 Å². The fraction of sp³-hybridized carbons (Fsp3) is 0.625. The van der Waals surface area contributed by atoms with E-state index in [0.717, 1.165) is 29.5 Å². The molecule has 0 spiro atoms. The van der Waals surface area contributed by atoms with E-state index in [1.54, 1.807) is 0 Å². The van der Waals surface area contributed by atoms with Crippen molar-refractivity contribution < 1.29 is 0 Å². The van der Waals surface area contributed by atoms with Crippen molar-refractivity contribution in [3.05, 3.63) is 29.3 Å². The highest BCUT2D eigenvalue weighted by Gasteiger charge is 2.34. The molecular formula is C16H25ClN2. The summed E-state index contributed by atoms with van der Waals surface area (Å²) in [6, 6.07) is 7.94. The number of nitrogens with two attached hydrogens (primary N) is 1. The summed E-state index contributed by atoms with van der Waals surface area (Å²) >= 11 is 6.24. The van der Waals surface area contributed by atoms with E-state index in [4.69, 9.17) is 17.3 Å². The van der Waals surface area contributed by atoms with Crippen LogP contribution in [0.15, 0.2) is 24.3 Å². The van der Waals surface area contributed by atoms with Gasteiger partial charge in [-0.2, -0.15) is 0 Å². The molecule has 2 nitrogen and oxygen atoms in total. The Kier molecular flexibility index (Phi) is 5.12. The monoisotopic (exact) mass is 280 g/mol. The van der Waals surface area contributed by atoms with E-state index < -0.39 is 0 Å². The van der Waals surface area contributed by atoms with E-state index in [1.165, 1.54) is 25.7 Å². The van der Waals surface area contributed by atoms with Crippen molar-refractivity contribution in [2.24, 2.45) is 11.7 Å². The van der Waals surface area contributed by atoms with Crippen molar-refractivity contribution in [1.29, 1.82) is 0 Å². The normalized spacial score (nSPS) is 27.2. The summed E-state index contributed by atoms with van der Waals surface area (Å²) < 4.78 is 0. The van der Waals surface area contributed by atoms with Crippen LogP contribution in [0.25, 0.3) is 0 Å². The van der Waals surface area contributed by atoms with Crippen LogP contribution in [0.1, 0.15) is 45.4 Å². The third-order valence-electron chi connectivity index (χ3n) is 4.42. The number of hydrogen-bond donors (Lipinski definition) is 2. The van der Waals surface area contributed by atoms with Crippen molar-refractivity contribution in [3.63, 3.8) is 0 Å². The first-order chi connectivity index (χ1) is 9.19. The molecule has 1 aromatic rings. The van der Waals surface area contributed by atoms with Crippen LogP contribution in [-0.2, 0) is 0 Å². The maximum absolute atomic E-state index is 6.24. The van der Waals surface area contributed by atoms with Gasteiger partial charge in [0.2, 0.25) is 0 Å². The first-order valence-electron chi connectivity index (χ1n) is 7.42. The van der Waals surface area contributed by atoms with Crippen molar-refractivity contribution in [1.82, 2.24) is 0 Å². The van der Waals surface area contributed by atoms with Crippen LogP contribution < -0.4 is 11.1 Å². The fourth-order valence-corrected chi connectivity index (χ4v) is 3.34.